The number of sulfonamides is 1. The van der Waals surface area contributed by atoms with Crippen molar-refractivity contribution in [3.63, 3.8) is 0 Å². The summed E-state index contributed by atoms with van der Waals surface area (Å²) >= 11 is 1.65. The lowest BCUT2D eigenvalue weighted by Gasteiger charge is -2.28. The fourth-order valence-electron chi connectivity index (χ4n) is 2.70. The van der Waals surface area contributed by atoms with Crippen LogP contribution in [0.3, 0.4) is 0 Å². The van der Waals surface area contributed by atoms with Crippen LogP contribution in [-0.2, 0) is 14.8 Å². The van der Waals surface area contributed by atoms with Crippen LogP contribution in [0.5, 0.6) is 0 Å². The first-order valence-electron chi connectivity index (χ1n) is 8.72. The van der Waals surface area contributed by atoms with Crippen molar-refractivity contribution in [2.24, 2.45) is 0 Å². The zero-order valence-corrected chi connectivity index (χ0v) is 17.7. The van der Waals surface area contributed by atoms with Gasteiger partial charge in [0.1, 0.15) is 6.04 Å². The van der Waals surface area contributed by atoms with Crippen LogP contribution >= 0.6 is 11.8 Å². The fraction of sp³-hybridized carbons (Fsp3) is 0.350. The molecule has 0 aliphatic heterocycles. The highest BCUT2D eigenvalue weighted by Gasteiger charge is 2.28. The molecule has 2 aromatic rings. The molecule has 0 spiro atoms. The Kier molecular flexibility index (Phi) is 7.33. The molecule has 1 atom stereocenters. The standard InChI is InChI=1S/C20H26N2O3S2/c1-15-8-10-19(11-9-15)26-13-12-21-20(23)17(3)22(27(4,24)25)18-7-5-6-16(2)14-18/h5-11,14,17H,12-13H2,1-4H3,(H,21,23). The van der Waals surface area contributed by atoms with E-state index >= 15 is 0 Å². The van der Waals surface area contributed by atoms with Crippen molar-refractivity contribution in [3.05, 3.63) is 59.7 Å². The average Bonchev–Trinajstić information content (AvgIpc) is 2.59. The number of nitrogens with zero attached hydrogens (tertiary/aromatic N) is 1. The van der Waals surface area contributed by atoms with Crippen molar-refractivity contribution in [1.29, 1.82) is 0 Å². The molecule has 0 fully saturated rings. The summed E-state index contributed by atoms with van der Waals surface area (Å²) < 4.78 is 25.7. The smallest absolute Gasteiger partial charge is 0.243 e. The second-order valence-corrected chi connectivity index (χ2v) is 9.55. The Balaban J connectivity index is 1.97. The van der Waals surface area contributed by atoms with Crippen molar-refractivity contribution < 1.29 is 13.2 Å². The van der Waals surface area contributed by atoms with Crippen LogP contribution in [0.2, 0.25) is 0 Å². The van der Waals surface area contributed by atoms with E-state index in [1.54, 1.807) is 36.9 Å². The van der Waals surface area contributed by atoms with Crippen molar-refractivity contribution in [3.8, 4) is 0 Å². The van der Waals surface area contributed by atoms with Gasteiger partial charge in [-0.2, -0.15) is 0 Å². The van der Waals surface area contributed by atoms with E-state index < -0.39 is 16.1 Å². The summed E-state index contributed by atoms with van der Waals surface area (Å²) in [5.41, 5.74) is 2.64. The quantitative estimate of drug-likeness (QED) is 0.539. The van der Waals surface area contributed by atoms with Gasteiger partial charge in [0.25, 0.3) is 0 Å². The molecule has 0 aliphatic rings. The molecule has 0 radical (unpaired) electrons. The van der Waals surface area contributed by atoms with Gasteiger partial charge in [0.05, 0.1) is 11.9 Å². The molecule has 0 aromatic heterocycles. The molecule has 1 N–H and O–H groups in total. The molecule has 146 valence electrons. The van der Waals surface area contributed by atoms with Crippen LogP contribution in [0.25, 0.3) is 0 Å². The number of thioether (sulfide) groups is 1. The molecule has 1 unspecified atom stereocenters. The summed E-state index contributed by atoms with van der Waals surface area (Å²) in [6.07, 6.45) is 1.12. The Bertz CT molecular complexity index is 880. The van der Waals surface area contributed by atoms with E-state index in [2.05, 4.69) is 17.4 Å². The van der Waals surface area contributed by atoms with Gasteiger partial charge in [0.2, 0.25) is 15.9 Å². The Morgan fingerprint density at radius 3 is 2.37 bits per heavy atom. The van der Waals surface area contributed by atoms with Gasteiger partial charge >= 0.3 is 0 Å². The largest absolute Gasteiger partial charge is 0.353 e. The van der Waals surface area contributed by atoms with Crippen LogP contribution in [-0.4, -0.2) is 38.9 Å². The third-order valence-corrected chi connectivity index (χ3v) is 6.29. The molecule has 0 aliphatic carbocycles. The zero-order valence-electron chi connectivity index (χ0n) is 16.1. The SMILES string of the molecule is Cc1ccc(SCCNC(=O)C(C)N(c2cccc(C)c2)S(C)(=O)=O)cc1. The van der Waals surface area contributed by atoms with Crippen molar-refractivity contribution in [1.82, 2.24) is 5.32 Å². The maximum atomic E-state index is 12.5. The van der Waals surface area contributed by atoms with Gasteiger partial charge in [-0.05, 0) is 50.6 Å². The van der Waals surface area contributed by atoms with E-state index in [1.807, 2.05) is 32.0 Å². The minimum atomic E-state index is -3.59. The van der Waals surface area contributed by atoms with Crippen molar-refractivity contribution >= 4 is 33.4 Å². The Morgan fingerprint density at radius 2 is 1.78 bits per heavy atom. The number of rotatable bonds is 8. The van der Waals surface area contributed by atoms with Gasteiger partial charge in [-0.15, -0.1) is 11.8 Å². The predicted molar refractivity (Wildman–Crippen MR) is 113 cm³/mol. The van der Waals surface area contributed by atoms with Crippen LogP contribution in [0, 0.1) is 13.8 Å². The summed E-state index contributed by atoms with van der Waals surface area (Å²) in [5.74, 6) is 0.400. The number of carbonyl (C=O) groups excluding carboxylic acids is 1. The molecular formula is C20H26N2O3S2. The molecule has 7 heteroatoms. The molecule has 0 bridgehead atoms. The van der Waals surface area contributed by atoms with Gasteiger partial charge in [-0.3, -0.25) is 9.10 Å². The van der Waals surface area contributed by atoms with Crippen molar-refractivity contribution in [2.75, 3.05) is 22.9 Å². The monoisotopic (exact) mass is 406 g/mol. The van der Waals surface area contributed by atoms with Gasteiger partial charge in [-0.1, -0.05) is 29.8 Å². The normalized spacial score (nSPS) is 12.4. The highest BCUT2D eigenvalue weighted by Crippen LogP contribution is 2.22. The Labute approximate surface area is 166 Å². The van der Waals surface area contributed by atoms with Gasteiger partial charge in [-0.25, -0.2) is 8.42 Å². The van der Waals surface area contributed by atoms with Crippen LogP contribution in [0.15, 0.2) is 53.4 Å². The minimum Gasteiger partial charge on any atom is -0.353 e. The van der Waals surface area contributed by atoms with Crippen molar-refractivity contribution in [2.45, 2.75) is 31.7 Å². The first kappa shape index (κ1) is 21.3. The number of hydrogen-bond acceptors (Lipinski definition) is 4. The van der Waals surface area contributed by atoms with Gasteiger partial charge in [0.15, 0.2) is 0 Å². The van der Waals surface area contributed by atoms with Crippen LogP contribution in [0.1, 0.15) is 18.1 Å². The van der Waals surface area contributed by atoms with Gasteiger partial charge in [0, 0.05) is 17.2 Å². The number of anilines is 1. The Morgan fingerprint density at radius 1 is 1.11 bits per heavy atom. The summed E-state index contributed by atoms with van der Waals surface area (Å²) in [6, 6.07) is 14.5. The maximum Gasteiger partial charge on any atom is 0.243 e. The summed E-state index contributed by atoms with van der Waals surface area (Å²) in [5, 5.41) is 2.84. The lowest BCUT2D eigenvalue weighted by molar-refractivity contribution is -0.121. The predicted octanol–water partition coefficient (Wildman–Crippen LogP) is 3.37. The molecule has 1 amide bonds. The van der Waals surface area contributed by atoms with E-state index in [0.717, 1.165) is 16.7 Å². The van der Waals surface area contributed by atoms with E-state index in [0.29, 0.717) is 18.0 Å². The van der Waals surface area contributed by atoms with Crippen LogP contribution < -0.4 is 9.62 Å². The van der Waals surface area contributed by atoms with E-state index in [9.17, 15) is 13.2 Å². The zero-order chi connectivity index (χ0) is 20.0. The first-order chi connectivity index (χ1) is 12.7. The molecule has 2 aromatic carbocycles. The molecule has 0 saturated heterocycles. The number of hydrogen-bond donors (Lipinski definition) is 1. The van der Waals surface area contributed by atoms with Crippen LogP contribution in [0.4, 0.5) is 5.69 Å². The Hall–Kier alpha value is -1.99. The number of amides is 1. The number of benzene rings is 2. The topological polar surface area (TPSA) is 66.5 Å². The summed E-state index contributed by atoms with van der Waals surface area (Å²) in [7, 11) is -3.59. The molecule has 0 heterocycles. The fourth-order valence-corrected chi connectivity index (χ4v) is 4.63. The second kappa shape index (κ2) is 9.28. The molecule has 27 heavy (non-hydrogen) atoms. The summed E-state index contributed by atoms with van der Waals surface area (Å²) in [4.78, 5) is 13.7. The van der Waals surface area contributed by atoms with E-state index in [-0.39, 0.29) is 5.91 Å². The van der Waals surface area contributed by atoms with Gasteiger partial charge < -0.3 is 5.32 Å². The molecular weight excluding hydrogens is 380 g/mol. The highest BCUT2D eigenvalue weighted by atomic mass is 32.2. The maximum absolute atomic E-state index is 12.5. The highest BCUT2D eigenvalue weighted by molar-refractivity contribution is 7.99. The molecule has 2 rings (SSSR count). The van der Waals surface area contributed by atoms with E-state index in [1.165, 1.54) is 9.87 Å². The number of aryl methyl sites for hydroxylation is 2. The lowest BCUT2D eigenvalue weighted by Crippen LogP contribution is -2.48. The third kappa shape index (κ3) is 6.29. The average molecular weight is 407 g/mol. The number of carbonyl (C=O) groups is 1. The third-order valence-electron chi connectivity index (χ3n) is 4.04. The summed E-state index contributed by atoms with van der Waals surface area (Å²) in [6.45, 7) is 5.99. The first-order valence-corrected chi connectivity index (χ1v) is 11.5. The molecule has 5 nitrogen and oxygen atoms in total. The second-order valence-electron chi connectivity index (χ2n) is 6.53. The minimum absolute atomic E-state index is 0.313. The lowest BCUT2D eigenvalue weighted by atomic mass is 10.2. The van der Waals surface area contributed by atoms with E-state index in [4.69, 9.17) is 0 Å². The number of nitrogens with one attached hydrogen (secondary N) is 1. The molecule has 0 saturated carbocycles.